The molecule has 0 heterocycles. The zero-order valence-electron chi connectivity index (χ0n) is 14.2. The van der Waals surface area contributed by atoms with Crippen molar-refractivity contribution in [3.8, 4) is 0 Å². The number of rotatable bonds is 7. The summed E-state index contributed by atoms with van der Waals surface area (Å²) < 4.78 is 0. The van der Waals surface area contributed by atoms with Crippen molar-refractivity contribution in [2.24, 2.45) is 0 Å². The molecule has 1 aromatic carbocycles. The Balaban J connectivity index is 3.31. The van der Waals surface area contributed by atoms with Gasteiger partial charge >= 0.3 is 0 Å². The van der Waals surface area contributed by atoms with Crippen LogP contribution in [-0.2, 0) is 10.4 Å². The molecule has 0 atom stereocenters. The number of hydrogen-bond acceptors (Lipinski definition) is 5. The minimum absolute atomic E-state index is 0.162. The number of anilines is 2. The molecule has 0 spiro atoms. The average molecular weight is 358 g/mol. The number of amides is 1. The van der Waals surface area contributed by atoms with Gasteiger partial charge in [0.25, 0.3) is 5.91 Å². The molecular formula is C18H22N4O2S. The van der Waals surface area contributed by atoms with Gasteiger partial charge in [-0.25, -0.2) is 0 Å². The van der Waals surface area contributed by atoms with E-state index >= 15 is 0 Å². The summed E-state index contributed by atoms with van der Waals surface area (Å²) in [5, 5.41) is 23.2. The number of benzene rings is 1. The maximum Gasteiger partial charge on any atom is 0.272 e. The van der Waals surface area contributed by atoms with Crippen LogP contribution in [0, 0.1) is 5.41 Å². The van der Waals surface area contributed by atoms with Gasteiger partial charge in [0.05, 0.1) is 5.60 Å². The van der Waals surface area contributed by atoms with Gasteiger partial charge in [0.15, 0.2) is 0 Å². The zero-order valence-corrected chi connectivity index (χ0v) is 15.0. The first kappa shape index (κ1) is 20.3. The lowest BCUT2D eigenvalue weighted by atomic mass is 9.94. The number of thiocarbonyl (C=S) groups is 1. The van der Waals surface area contributed by atoms with Gasteiger partial charge in [0.1, 0.15) is 10.7 Å². The van der Waals surface area contributed by atoms with Crippen molar-refractivity contribution in [2.75, 3.05) is 11.1 Å². The number of nitrogens with two attached hydrogens (primary N) is 1. The van der Waals surface area contributed by atoms with Gasteiger partial charge in [-0.1, -0.05) is 31.5 Å². The number of carbonyl (C=O) groups excluding carboxylic acids is 1. The highest BCUT2D eigenvalue weighted by Gasteiger charge is 2.23. The van der Waals surface area contributed by atoms with E-state index in [0.29, 0.717) is 22.5 Å². The molecule has 0 aliphatic rings. The van der Waals surface area contributed by atoms with Gasteiger partial charge in [-0.3, -0.25) is 4.79 Å². The monoisotopic (exact) mass is 358 g/mol. The SMILES string of the molecule is C=C/C=C(\NC(=S)C=C)C(=O)Nc1cc(C=N)c(N)cc1C(C)(C)O. The van der Waals surface area contributed by atoms with Crippen LogP contribution in [0.5, 0.6) is 0 Å². The zero-order chi connectivity index (χ0) is 19.2. The van der Waals surface area contributed by atoms with Gasteiger partial charge in [-0.2, -0.15) is 0 Å². The van der Waals surface area contributed by atoms with Crippen molar-refractivity contribution in [3.05, 3.63) is 60.3 Å². The second-order valence-corrected chi connectivity index (χ2v) is 6.13. The van der Waals surface area contributed by atoms with E-state index in [1.54, 1.807) is 13.8 Å². The van der Waals surface area contributed by atoms with E-state index in [2.05, 4.69) is 23.8 Å². The van der Waals surface area contributed by atoms with Crippen LogP contribution < -0.4 is 16.4 Å². The molecule has 132 valence electrons. The predicted molar refractivity (Wildman–Crippen MR) is 107 cm³/mol. The molecule has 6 nitrogen and oxygen atoms in total. The highest BCUT2D eigenvalue weighted by molar-refractivity contribution is 7.80. The number of nitrogens with one attached hydrogen (secondary N) is 3. The van der Waals surface area contributed by atoms with Crippen molar-refractivity contribution < 1.29 is 9.90 Å². The molecule has 25 heavy (non-hydrogen) atoms. The lowest BCUT2D eigenvalue weighted by Gasteiger charge is -2.23. The molecule has 1 amide bonds. The Morgan fingerprint density at radius 3 is 2.52 bits per heavy atom. The lowest BCUT2D eigenvalue weighted by Crippen LogP contribution is -2.30. The normalized spacial score (nSPS) is 11.4. The fourth-order valence-electron chi connectivity index (χ4n) is 2.03. The van der Waals surface area contributed by atoms with Gasteiger partial charge in [0.2, 0.25) is 0 Å². The van der Waals surface area contributed by atoms with E-state index in [4.69, 9.17) is 23.4 Å². The minimum atomic E-state index is -1.25. The predicted octanol–water partition coefficient (Wildman–Crippen LogP) is 2.61. The van der Waals surface area contributed by atoms with Crippen LogP contribution in [0.15, 0.2) is 49.2 Å². The largest absolute Gasteiger partial charge is 0.398 e. The first-order chi connectivity index (χ1) is 11.6. The van der Waals surface area contributed by atoms with Crippen LogP contribution in [0.2, 0.25) is 0 Å². The molecule has 0 saturated carbocycles. The summed E-state index contributed by atoms with van der Waals surface area (Å²) in [5.41, 5.74) is 6.31. The molecule has 0 radical (unpaired) electrons. The molecule has 0 aliphatic carbocycles. The van der Waals surface area contributed by atoms with Gasteiger partial charge in [0, 0.05) is 28.7 Å². The summed E-state index contributed by atoms with van der Waals surface area (Å²) in [6.07, 6.45) is 5.38. The molecule has 0 saturated heterocycles. The quantitative estimate of drug-likeness (QED) is 0.169. The summed E-state index contributed by atoms with van der Waals surface area (Å²) in [5.74, 6) is -0.490. The first-order valence-corrected chi connectivity index (χ1v) is 7.79. The number of aliphatic hydroxyl groups is 1. The Labute approximate surface area is 152 Å². The molecule has 0 bridgehead atoms. The summed E-state index contributed by atoms with van der Waals surface area (Å²) in [6.45, 7) is 10.3. The summed E-state index contributed by atoms with van der Waals surface area (Å²) in [6, 6.07) is 3.07. The number of allylic oxidation sites excluding steroid dienone is 2. The molecule has 0 fully saturated rings. The third-order valence-corrected chi connectivity index (χ3v) is 3.53. The molecule has 1 rings (SSSR count). The first-order valence-electron chi connectivity index (χ1n) is 7.38. The molecule has 0 aromatic heterocycles. The molecule has 7 heteroatoms. The van der Waals surface area contributed by atoms with Gasteiger partial charge in [-0.05, 0) is 38.1 Å². The Morgan fingerprint density at radius 1 is 1.40 bits per heavy atom. The van der Waals surface area contributed by atoms with E-state index in [1.165, 1.54) is 30.4 Å². The van der Waals surface area contributed by atoms with Crippen LogP contribution in [-0.4, -0.2) is 22.2 Å². The van der Waals surface area contributed by atoms with Crippen LogP contribution in [0.4, 0.5) is 11.4 Å². The van der Waals surface area contributed by atoms with Crippen LogP contribution in [0.25, 0.3) is 0 Å². The second-order valence-electron chi connectivity index (χ2n) is 5.69. The third kappa shape index (κ3) is 5.37. The fourth-order valence-corrected chi connectivity index (χ4v) is 2.14. The van der Waals surface area contributed by atoms with E-state index in [9.17, 15) is 9.90 Å². The smallest absolute Gasteiger partial charge is 0.272 e. The van der Waals surface area contributed by atoms with Crippen LogP contribution in [0.1, 0.15) is 25.0 Å². The Kier molecular flexibility index (Phi) is 6.78. The molecule has 6 N–H and O–H groups in total. The highest BCUT2D eigenvalue weighted by Crippen LogP contribution is 2.31. The van der Waals surface area contributed by atoms with Crippen LogP contribution >= 0.6 is 12.2 Å². The second kappa shape index (κ2) is 8.36. The van der Waals surface area contributed by atoms with Crippen LogP contribution in [0.3, 0.4) is 0 Å². The fraction of sp³-hybridized carbons (Fsp3) is 0.167. The molecule has 1 aromatic rings. The average Bonchev–Trinajstić information content (AvgIpc) is 2.54. The van der Waals surface area contributed by atoms with Gasteiger partial charge < -0.3 is 26.9 Å². The molecular weight excluding hydrogens is 336 g/mol. The van der Waals surface area contributed by atoms with Crippen molar-refractivity contribution in [1.29, 1.82) is 5.41 Å². The molecule has 0 aliphatic heterocycles. The van der Waals surface area contributed by atoms with Crippen molar-refractivity contribution >= 4 is 40.7 Å². The Hall–Kier alpha value is -2.77. The Bertz CT molecular complexity index is 761. The number of nitrogen functional groups attached to an aromatic ring is 1. The van der Waals surface area contributed by atoms with Crippen molar-refractivity contribution in [2.45, 2.75) is 19.4 Å². The van der Waals surface area contributed by atoms with E-state index in [0.717, 1.165) is 6.21 Å². The van der Waals surface area contributed by atoms with E-state index in [1.807, 2.05) is 0 Å². The van der Waals surface area contributed by atoms with E-state index in [-0.39, 0.29) is 10.7 Å². The highest BCUT2D eigenvalue weighted by atomic mass is 32.1. The van der Waals surface area contributed by atoms with E-state index < -0.39 is 11.5 Å². The number of hydrogen-bond donors (Lipinski definition) is 5. The topological polar surface area (TPSA) is 111 Å². The maximum atomic E-state index is 12.6. The summed E-state index contributed by atoms with van der Waals surface area (Å²) in [7, 11) is 0. The standard InChI is InChI=1S/C18H22N4O2S/c1-5-7-14(21-16(25)6-2)17(23)22-15-8-11(10-19)13(20)9-12(15)18(3,4)24/h5-10,19,24H,1-2,20H2,3-4H3,(H,21,25)(H,22,23)/b14-7-,19-10?. The third-order valence-electron chi connectivity index (χ3n) is 3.26. The number of carbonyl (C=O) groups is 1. The lowest BCUT2D eigenvalue weighted by molar-refractivity contribution is -0.113. The Morgan fingerprint density at radius 2 is 2.04 bits per heavy atom. The van der Waals surface area contributed by atoms with Gasteiger partial charge in [-0.15, -0.1) is 0 Å². The summed E-state index contributed by atoms with van der Waals surface area (Å²) in [4.78, 5) is 12.8. The minimum Gasteiger partial charge on any atom is -0.398 e. The van der Waals surface area contributed by atoms with Crippen molar-refractivity contribution in [1.82, 2.24) is 5.32 Å². The maximum absolute atomic E-state index is 12.6. The molecule has 0 unspecified atom stereocenters. The summed E-state index contributed by atoms with van der Waals surface area (Å²) >= 11 is 5.00. The van der Waals surface area contributed by atoms with Crippen molar-refractivity contribution in [3.63, 3.8) is 0 Å².